The number of hydrogen-bond acceptors (Lipinski definition) is 6. The maximum Gasteiger partial charge on any atom is 0.151 e. The predicted molar refractivity (Wildman–Crippen MR) is 112 cm³/mol. The summed E-state index contributed by atoms with van der Waals surface area (Å²) >= 11 is 1.66. The Labute approximate surface area is 169 Å². The number of likely N-dealkylation sites (tertiary alicyclic amines) is 1. The number of thiazole rings is 1. The molecule has 0 aliphatic carbocycles. The van der Waals surface area contributed by atoms with Crippen molar-refractivity contribution in [1.29, 1.82) is 0 Å². The summed E-state index contributed by atoms with van der Waals surface area (Å²) in [6, 6.07) is 7.99. The highest BCUT2D eigenvalue weighted by Crippen LogP contribution is 2.36. The van der Waals surface area contributed by atoms with Crippen LogP contribution in [-0.4, -0.2) is 59.9 Å². The van der Waals surface area contributed by atoms with E-state index in [1.54, 1.807) is 25.6 Å². The minimum Gasteiger partial charge on any atom is -0.496 e. The first-order valence-electron chi connectivity index (χ1n) is 9.60. The Morgan fingerprint density at radius 2 is 2.11 bits per heavy atom. The van der Waals surface area contributed by atoms with Gasteiger partial charge in [-0.3, -0.25) is 0 Å². The van der Waals surface area contributed by atoms with Crippen molar-refractivity contribution < 1.29 is 9.47 Å². The Balaban J connectivity index is 1.49. The van der Waals surface area contributed by atoms with Gasteiger partial charge in [0.15, 0.2) is 5.82 Å². The van der Waals surface area contributed by atoms with E-state index >= 15 is 0 Å². The van der Waals surface area contributed by atoms with E-state index in [4.69, 9.17) is 9.47 Å². The lowest BCUT2D eigenvalue weighted by atomic mass is 10.1. The molecule has 1 atom stereocenters. The Morgan fingerprint density at radius 1 is 1.21 bits per heavy atom. The van der Waals surface area contributed by atoms with Crippen molar-refractivity contribution in [1.82, 2.24) is 19.4 Å². The fourth-order valence-corrected chi connectivity index (χ4v) is 4.73. The minimum atomic E-state index is 0.645. The van der Waals surface area contributed by atoms with Crippen LogP contribution in [0.25, 0.3) is 21.3 Å². The van der Waals surface area contributed by atoms with E-state index in [1.807, 2.05) is 36.7 Å². The van der Waals surface area contributed by atoms with Crippen molar-refractivity contribution >= 4 is 11.3 Å². The van der Waals surface area contributed by atoms with Crippen LogP contribution in [0.15, 0.2) is 42.9 Å². The van der Waals surface area contributed by atoms with Crippen LogP contribution in [-0.2, 0) is 11.3 Å². The molecule has 2 aromatic heterocycles. The molecule has 28 heavy (non-hydrogen) atoms. The van der Waals surface area contributed by atoms with E-state index in [2.05, 4.69) is 25.6 Å². The number of rotatable bonds is 8. The zero-order valence-electron chi connectivity index (χ0n) is 16.4. The number of ether oxygens (including phenoxy) is 2. The van der Waals surface area contributed by atoms with Gasteiger partial charge in [-0.25, -0.2) is 9.97 Å². The summed E-state index contributed by atoms with van der Waals surface area (Å²) in [7, 11) is 3.46. The molecule has 1 saturated heterocycles. The van der Waals surface area contributed by atoms with Crippen molar-refractivity contribution in [3.63, 3.8) is 0 Å². The van der Waals surface area contributed by atoms with Crippen molar-refractivity contribution in [3.05, 3.63) is 42.9 Å². The Kier molecular flexibility index (Phi) is 6.04. The lowest BCUT2D eigenvalue weighted by Crippen LogP contribution is -2.25. The molecular formula is C21H26N4O2S. The van der Waals surface area contributed by atoms with Gasteiger partial charge in [0.2, 0.25) is 0 Å². The number of benzene rings is 1. The standard InChI is InChI=1S/C21H26N4O2S/c1-26-12-11-24-9-7-16(14-24)15-25-10-8-22-20(25)19-13-23-21(28-19)17-5-3-4-6-18(17)27-2/h3-6,8,10,13,16H,7,9,11-12,14-15H2,1-2H3. The Bertz CT molecular complexity index is 907. The van der Waals surface area contributed by atoms with E-state index in [9.17, 15) is 0 Å². The Hall–Kier alpha value is -2.22. The average molecular weight is 399 g/mol. The summed E-state index contributed by atoms with van der Waals surface area (Å²) in [6.07, 6.45) is 7.10. The first-order chi connectivity index (χ1) is 13.8. The van der Waals surface area contributed by atoms with Gasteiger partial charge in [-0.15, -0.1) is 11.3 Å². The van der Waals surface area contributed by atoms with Crippen molar-refractivity contribution in [2.24, 2.45) is 5.92 Å². The van der Waals surface area contributed by atoms with Gasteiger partial charge >= 0.3 is 0 Å². The fraction of sp³-hybridized carbons (Fsp3) is 0.429. The quantitative estimate of drug-likeness (QED) is 0.580. The number of imidazole rings is 1. The molecule has 0 radical (unpaired) electrons. The summed E-state index contributed by atoms with van der Waals surface area (Å²) < 4.78 is 13.0. The zero-order valence-corrected chi connectivity index (χ0v) is 17.2. The maximum absolute atomic E-state index is 5.48. The highest BCUT2D eigenvalue weighted by atomic mass is 32.1. The molecule has 4 rings (SSSR count). The summed E-state index contributed by atoms with van der Waals surface area (Å²) in [5, 5.41) is 0.952. The number of methoxy groups -OCH3 is 2. The molecule has 0 N–H and O–H groups in total. The maximum atomic E-state index is 5.48. The Morgan fingerprint density at radius 3 is 2.96 bits per heavy atom. The second-order valence-electron chi connectivity index (χ2n) is 7.08. The summed E-state index contributed by atoms with van der Waals surface area (Å²) in [5.74, 6) is 2.48. The van der Waals surface area contributed by atoms with E-state index < -0.39 is 0 Å². The van der Waals surface area contributed by atoms with Gasteiger partial charge in [0, 0.05) is 45.3 Å². The van der Waals surface area contributed by atoms with Crippen LogP contribution in [0.3, 0.4) is 0 Å². The summed E-state index contributed by atoms with van der Waals surface area (Å²) in [5.41, 5.74) is 1.02. The molecule has 0 amide bonds. The van der Waals surface area contributed by atoms with Crippen molar-refractivity contribution in [2.75, 3.05) is 40.5 Å². The predicted octanol–water partition coefficient (Wildman–Crippen LogP) is 3.65. The molecule has 6 nitrogen and oxygen atoms in total. The molecule has 148 valence electrons. The molecular weight excluding hydrogens is 372 g/mol. The fourth-order valence-electron chi connectivity index (χ4n) is 3.77. The highest BCUT2D eigenvalue weighted by molar-refractivity contribution is 7.18. The van der Waals surface area contributed by atoms with Gasteiger partial charge in [0.1, 0.15) is 10.8 Å². The topological polar surface area (TPSA) is 52.4 Å². The van der Waals surface area contributed by atoms with Crippen LogP contribution in [0.1, 0.15) is 6.42 Å². The van der Waals surface area contributed by atoms with Crippen LogP contribution in [0.4, 0.5) is 0 Å². The lowest BCUT2D eigenvalue weighted by molar-refractivity contribution is 0.158. The van der Waals surface area contributed by atoms with E-state index in [-0.39, 0.29) is 0 Å². The molecule has 1 aliphatic heterocycles. The third kappa shape index (κ3) is 4.11. The van der Waals surface area contributed by atoms with Crippen LogP contribution in [0.2, 0.25) is 0 Å². The minimum absolute atomic E-state index is 0.645. The van der Waals surface area contributed by atoms with Gasteiger partial charge in [-0.05, 0) is 31.0 Å². The van der Waals surface area contributed by atoms with E-state index in [1.165, 1.54) is 6.42 Å². The first-order valence-corrected chi connectivity index (χ1v) is 10.4. The largest absolute Gasteiger partial charge is 0.496 e. The molecule has 7 heteroatoms. The van der Waals surface area contributed by atoms with Crippen LogP contribution in [0.5, 0.6) is 5.75 Å². The van der Waals surface area contributed by atoms with Crippen LogP contribution >= 0.6 is 11.3 Å². The monoisotopic (exact) mass is 398 g/mol. The van der Waals surface area contributed by atoms with Crippen molar-refractivity contribution in [3.8, 4) is 27.0 Å². The molecule has 3 aromatic rings. The van der Waals surface area contributed by atoms with Gasteiger partial charge < -0.3 is 18.9 Å². The number of para-hydroxylation sites is 1. The molecule has 1 aromatic carbocycles. The molecule has 0 saturated carbocycles. The number of aromatic nitrogens is 3. The molecule has 3 heterocycles. The van der Waals surface area contributed by atoms with Gasteiger partial charge in [-0.1, -0.05) is 12.1 Å². The normalized spacial score (nSPS) is 17.3. The third-order valence-electron chi connectivity index (χ3n) is 5.22. The molecule has 0 bridgehead atoms. The summed E-state index contributed by atoms with van der Waals surface area (Å²) in [4.78, 5) is 12.8. The molecule has 1 aliphatic rings. The zero-order chi connectivity index (χ0) is 19.3. The smallest absolute Gasteiger partial charge is 0.151 e. The van der Waals surface area contributed by atoms with Crippen LogP contribution in [0, 0.1) is 5.92 Å². The highest BCUT2D eigenvalue weighted by Gasteiger charge is 2.23. The summed E-state index contributed by atoms with van der Waals surface area (Å²) in [6.45, 7) is 5.07. The lowest BCUT2D eigenvalue weighted by Gasteiger charge is -2.16. The van der Waals surface area contributed by atoms with E-state index in [0.29, 0.717) is 5.92 Å². The van der Waals surface area contributed by atoms with Gasteiger partial charge in [-0.2, -0.15) is 0 Å². The third-order valence-corrected chi connectivity index (χ3v) is 6.24. The number of hydrogen-bond donors (Lipinski definition) is 0. The van der Waals surface area contributed by atoms with Crippen molar-refractivity contribution in [2.45, 2.75) is 13.0 Å². The molecule has 0 spiro atoms. The van der Waals surface area contributed by atoms with Gasteiger partial charge in [0.05, 0.1) is 24.2 Å². The SMILES string of the molecule is COCCN1CCC(Cn2ccnc2-c2cnc(-c3ccccc3OC)s2)C1. The van der Waals surface area contributed by atoms with Crippen LogP contribution < -0.4 is 4.74 Å². The first kappa shape index (κ1) is 19.1. The molecule has 1 fully saturated rings. The van der Waals surface area contributed by atoms with E-state index in [0.717, 1.165) is 59.8 Å². The average Bonchev–Trinajstić information content (AvgIpc) is 3.47. The second kappa shape index (κ2) is 8.86. The molecule has 1 unspecified atom stereocenters. The van der Waals surface area contributed by atoms with Gasteiger partial charge in [0.25, 0.3) is 0 Å². The second-order valence-corrected chi connectivity index (χ2v) is 8.11. The number of nitrogens with zero attached hydrogens (tertiary/aromatic N) is 4.